The summed E-state index contributed by atoms with van der Waals surface area (Å²) in [6.07, 6.45) is 9.24. The van der Waals surface area contributed by atoms with E-state index in [9.17, 15) is 24.8 Å². The Bertz CT molecular complexity index is 1090. The molecule has 37 heavy (non-hydrogen) atoms. The predicted molar refractivity (Wildman–Crippen MR) is 141 cm³/mol. The molecule has 2 aliphatic heterocycles. The van der Waals surface area contributed by atoms with Crippen LogP contribution in [0.2, 0.25) is 6.32 Å². The van der Waals surface area contributed by atoms with Crippen molar-refractivity contribution in [1.82, 2.24) is 4.90 Å². The number of aliphatic hydroxyl groups is 1. The molecule has 5 rings (SSSR count). The van der Waals surface area contributed by atoms with Crippen LogP contribution in [-0.2, 0) is 14.2 Å². The smallest absolute Gasteiger partial charge is 0.455 e. The number of hydrogen-bond acceptors (Lipinski definition) is 6. The predicted octanol–water partition coefficient (Wildman–Crippen LogP) is 4.09. The zero-order chi connectivity index (χ0) is 26.1. The molecule has 7 nitrogen and oxygen atoms in total. The number of carbonyl (C=O) groups is 2. The fourth-order valence-electron chi connectivity index (χ4n) is 7.13. The van der Waals surface area contributed by atoms with Crippen LogP contribution in [-0.4, -0.2) is 57.8 Å². The van der Waals surface area contributed by atoms with Crippen LogP contribution in [0.4, 0.5) is 0 Å². The first-order valence-electron chi connectivity index (χ1n) is 13.9. The zero-order valence-electron chi connectivity index (χ0n) is 21.6. The number of hydrogen-bond donors (Lipinski definition) is 3. The van der Waals surface area contributed by atoms with Gasteiger partial charge in [-0.2, -0.15) is 0 Å². The molecule has 0 spiro atoms. The van der Waals surface area contributed by atoms with E-state index in [1.165, 1.54) is 0 Å². The van der Waals surface area contributed by atoms with Crippen molar-refractivity contribution in [3.05, 3.63) is 46.5 Å². The molecule has 1 aromatic rings. The molecule has 3 N–H and O–H groups in total. The molecule has 0 aromatic heterocycles. The van der Waals surface area contributed by atoms with Crippen molar-refractivity contribution in [2.45, 2.75) is 83.2 Å². The number of likely N-dealkylation sites (tertiary alicyclic amines) is 1. The van der Waals surface area contributed by atoms with Gasteiger partial charge in [-0.25, -0.2) is 0 Å². The topological polar surface area (TPSA) is 107 Å². The van der Waals surface area contributed by atoms with Gasteiger partial charge in [-0.05, 0) is 68.0 Å². The Morgan fingerprint density at radius 1 is 1.14 bits per heavy atom. The normalized spacial score (nSPS) is 29.1. The minimum absolute atomic E-state index is 0.0208. The second-order valence-electron chi connectivity index (χ2n) is 11.1. The fraction of sp³-hybridized carbons (Fsp3) is 0.586. The van der Waals surface area contributed by atoms with Gasteiger partial charge in [0, 0.05) is 11.6 Å². The quantitative estimate of drug-likeness (QED) is 0.292. The van der Waals surface area contributed by atoms with Crippen LogP contribution in [0.25, 0.3) is 6.08 Å². The first kappa shape index (κ1) is 26.2. The van der Waals surface area contributed by atoms with Gasteiger partial charge in [-0.1, -0.05) is 56.0 Å². The van der Waals surface area contributed by atoms with Gasteiger partial charge in [0.2, 0.25) is 11.8 Å². The van der Waals surface area contributed by atoms with E-state index >= 15 is 0 Å². The van der Waals surface area contributed by atoms with Crippen LogP contribution in [0.1, 0.15) is 70.3 Å². The van der Waals surface area contributed by atoms with Gasteiger partial charge in [-0.3, -0.25) is 14.5 Å². The summed E-state index contributed by atoms with van der Waals surface area (Å²) in [5.41, 5.74) is 3.60. The number of imide groups is 1. The Morgan fingerprint density at radius 2 is 1.89 bits per heavy atom. The molecule has 4 atom stereocenters. The number of amides is 2. The SMILES string of the molecule is CC/C(=C\c1ccccc1O)CC[C@H]1OB(O)C[C@H]2C1=C(CO)C[C@H]1C(=O)N(C3CCCCC3)C(=O)[C@H]12. The van der Waals surface area contributed by atoms with E-state index in [0.717, 1.165) is 60.8 Å². The number of aliphatic hydroxyl groups excluding tert-OH is 1. The van der Waals surface area contributed by atoms with Crippen LogP contribution < -0.4 is 0 Å². The van der Waals surface area contributed by atoms with Crippen molar-refractivity contribution in [2.75, 3.05) is 6.61 Å². The highest BCUT2D eigenvalue weighted by Crippen LogP contribution is 2.51. The Morgan fingerprint density at radius 3 is 2.59 bits per heavy atom. The van der Waals surface area contributed by atoms with E-state index in [4.69, 9.17) is 4.65 Å². The lowest BCUT2D eigenvalue weighted by Crippen LogP contribution is -2.47. The van der Waals surface area contributed by atoms with Crippen molar-refractivity contribution in [2.24, 2.45) is 17.8 Å². The van der Waals surface area contributed by atoms with Gasteiger partial charge >= 0.3 is 7.12 Å². The maximum absolute atomic E-state index is 13.7. The lowest BCUT2D eigenvalue weighted by Gasteiger charge is -2.43. The number of fused-ring (bicyclic) bond motifs is 3. The van der Waals surface area contributed by atoms with E-state index in [1.807, 2.05) is 18.2 Å². The van der Waals surface area contributed by atoms with Crippen molar-refractivity contribution in [3.8, 4) is 5.75 Å². The summed E-state index contributed by atoms with van der Waals surface area (Å²) >= 11 is 0. The highest BCUT2D eigenvalue weighted by atomic mass is 16.5. The number of para-hydroxylation sites is 1. The molecule has 0 bridgehead atoms. The summed E-state index contributed by atoms with van der Waals surface area (Å²) in [6.45, 7) is 1.89. The molecule has 198 valence electrons. The van der Waals surface area contributed by atoms with E-state index in [2.05, 4.69) is 6.92 Å². The van der Waals surface area contributed by atoms with Gasteiger partial charge < -0.3 is 19.9 Å². The van der Waals surface area contributed by atoms with Gasteiger partial charge in [-0.15, -0.1) is 0 Å². The van der Waals surface area contributed by atoms with Gasteiger partial charge in [0.1, 0.15) is 5.75 Å². The molecular weight excluding hydrogens is 469 g/mol. The Hall–Kier alpha value is -2.42. The molecular formula is C29H38BNO6. The number of rotatable bonds is 7. The number of phenolic OH excluding ortho intramolecular Hbond substituents is 1. The summed E-state index contributed by atoms with van der Waals surface area (Å²) in [7, 11) is -1.02. The van der Waals surface area contributed by atoms with Gasteiger partial charge in [0.15, 0.2) is 0 Å². The molecule has 1 saturated carbocycles. The Labute approximate surface area is 219 Å². The molecule has 4 aliphatic rings. The third-order valence-electron chi connectivity index (χ3n) is 8.95. The second-order valence-corrected chi connectivity index (χ2v) is 11.1. The number of nitrogens with zero attached hydrogens (tertiary/aromatic N) is 1. The van der Waals surface area contributed by atoms with Crippen LogP contribution in [0.5, 0.6) is 5.75 Å². The number of phenols is 1. The summed E-state index contributed by atoms with van der Waals surface area (Å²) < 4.78 is 6.01. The molecule has 3 fully saturated rings. The largest absolute Gasteiger partial charge is 0.507 e. The first-order chi connectivity index (χ1) is 17.9. The number of carbonyl (C=O) groups excluding carboxylic acids is 2. The van der Waals surface area contributed by atoms with Crippen LogP contribution in [0.3, 0.4) is 0 Å². The average molecular weight is 507 g/mol. The van der Waals surface area contributed by atoms with E-state index in [0.29, 0.717) is 19.3 Å². The van der Waals surface area contributed by atoms with E-state index in [-0.39, 0.29) is 42.5 Å². The number of benzene rings is 1. The molecule has 0 unspecified atom stereocenters. The first-order valence-corrected chi connectivity index (χ1v) is 13.9. The molecule has 1 aromatic carbocycles. The number of aromatic hydroxyl groups is 1. The third kappa shape index (κ3) is 5.03. The standard InChI is InChI=1S/C29H38BNO6/c1-2-18(14-19-8-6-7-11-24(19)33)12-13-25-26-20(17-32)15-22-27(23(26)16-30(36)37-25)29(35)31(28(22)34)21-9-4-3-5-10-21/h6-8,11,14,21-23,25,27,32-33,36H,2-5,9-10,12-13,15-17H2,1H3/b18-14+/t22-,23+,25-,27-/m1/s1. The molecule has 0 radical (unpaired) electrons. The van der Waals surface area contributed by atoms with Crippen molar-refractivity contribution < 1.29 is 29.5 Å². The second kappa shape index (κ2) is 11.1. The third-order valence-corrected chi connectivity index (χ3v) is 8.95. The molecule has 8 heteroatoms. The lowest BCUT2D eigenvalue weighted by atomic mass is 9.58. The zero-order valence-corrected chi connectivity index (χ0v) is 21.6. The van der Waals surface area contributed by atoms with Crippen molar-refractivity contribution in [1.29, 1.82) is 0 Å². The fourth-order valence-corrected chi connectivity index (χ4v) is 7.13. The molecule has 2 saturated heterocycles. The summed E-state index contributed by atoms with van der Waals surface area (Å²) in [4.78, 5) is 28.8. The monoisotopic (exact) mass is 507 g/mol. The number of allylic oxidation sites excluding steroid dienone is 1. The highest BCUT2D eigenvalue weighted by Gasteiger charge is 2.58. The van der Waals surface area contributed by atoms with E-state index in [1.54, 1.807) is 17.0 Å². The molecule has 2 aliphatic carbocycles. The van der Waals surface area contributed by atoms with Gasteiger partial charge in [0.25, 0.3) is 0 Å². The molecule has 2 heterocycles. The minimum atomic E-state index is -1.02. The summed E-state index contributed by atoms with van der Waals surface area (Å²) in [5.74, 6) is -1.20. The van der Waals surface area contributed by atoms with Gasteiger partial charge in [0.05, 0.1) is 24.5 Å². The Kier molecular flexibility index (Phi) is 7.89. The Balaban J connectivity index is 1.39. The molecule has 2 amide bonds. The van der Waals surface area contributed by atoms with Crippen molar-refractivity contribution >= 4 is 25.0 Å². The van der Waals surface area contributed by atoms with Crippen LogP contribution in [0, 0.1) is 17.8 Å². The maximum Gasteiger partial charge on any atom is 0.455 e. The average Bonchev–Trinajstić information content (AvgIpc) is 3.16. The van der Waals surface area contributed by atoms with Crippen LogP contribution >= 0.6 is 0 Å². The maximum atomic E-state index is 13.7. The van der Waals surface area contributed by atoms with Crippen LogP contribution in [0.15, 0.2) is 41.0 Å². The van der Waals surface area contributed by atoms with E-state index < -0.39 is 25.1 Å². The highest BCUT2D eigenvalue weighted by molar-refractivity contribution is 6.43. The summed E-state index contributed by atoms with van der Waals surface area (Å²) in [5, 5.41) is 31.2. The lowest BCUT2D eigenvalue weighted by molar-refractivity contribution is -0.143. The van der Waals surface area contributed by atoms with Crippen molar-refractivity contribution in [3.63, 3.8) is 0 Å². The summed E-state index contributed by atoms with van der Waals surface area (Å²) in [6, 6.07) is 7.19. The minimum Gasteiger partial charge on any atom is -0.507 e.